The molecule has 0 aliphatic heterocycles. The maximum absolute atomic E-state index is 12.2. The smallest absolute Gasteiger partial charge is 0.226 e. The summed E-state index contributed by atoms with van der Waals surface area (Å²) in [6.07, 6.45) is 9.20. The van der Waals surface area contributed by atoms with Crippen LogP contribution in [0.25, 0.3) is 0 Å². The van der Waals surface area contributed by atoms with Crippen molar-refractivity contribution in [3.63, 3.8) is 0 Å². The van der Waals surface area contributed by atoms with Gasteiger partial charge in [-0.25, -0.2) is 0 Å². The minimum absolute atomic E-state index is 0.152. The number of nitrogens with zero attached hydrogens (tertiary/aromatic N) is 1. The number of amides is 1. The number of nitrogens with one attached hydrogen (secondary N) is 1. The van der Waals surface area contributed by atoms with Gasteiger partial charge in [-0.05, 0) is 24.5 Å². The molecule has 0 atom stereocenters. The van der Waals surface area contributed by atoms with E-state index >= 15 is 0 Å². The van der Waals surface area contributed by atoms with Gasteiger partial charge in [0.25, 0.3) is 0 Å². The second kappa shape index (κ2) is 5.30. The Morgan fingerprint density at radius 2 is 2.18 bits per heavy atom. The second-order valence-corrected chi connectivity index (χ2v) is 5.17. The van der Waals surface area contributed by atoms with Crippen LogP contribution in [0.3, 0.4) is 0 Å². The lowest BCUT2D eigenvalue weighted by Crippen LogP contribution is -2.39. The average Bonchev–Trinajstić information content (AvgIpc) is 2.38. The van der Waals surface area contributed by atoms with Gasteiger partial charge in [0, 0.05) is 24.4 Å². The van der Waals surface area contributed by atoms with Crippen LogP contribution in [0.5, 0.6) is 0 Å². The van der Waals surface area contributed by atoms with E-state index in [0.29, 0.717) is 6.54 Å². The van der Waals surface area contributed by atoms with Crippen molar-refractivity contribution in [1.82, 2.24) is 10.3 Å². The molecule has 0 bridgehead atoms. The van der Waals surface area contributed by atoms with Gasteiger partial charge in [0.05, 0.1) is 0 Å². The van der Waals surface area contributed by atoms with Gasteiger partial charge in [0.2, 0.25) is 5.91 Å². The van der Waals surface area contributed by atoms with Crippen molar-refractivity contribution in [3.05, 3.63) is 30.1 Å². The van der Waals surface area contributed by atoms with E-state index in [0.717, 1.165) is 18.4 Å². The lowest BCUT2D eigenvalue weighted by Gasteiger charge is -2.32. The molecule has 92 valence electrons. The standard InChI is InChI=1S/C14H20N2O/c1-14(7-3-2-4-8-14)13(17)16-11-12-6-5-9-15-10-12/h5-6,9-10H,2-4,7-8,11H2,1H3,(H,16,17). The Kier molecular flexibility index (Phi) is 3.77. The molecule has 1 aromatic rings. The van der Waals surface area contributed by atoms with Crippen LogP contribution < -0.4 is 5.32 Å². The van der Waals surface area contributed by atoms with Crippen molar-refractivity contribution in [2.24, 2.45) is 5.41 Å². The average molecular weight is 232 g/mol. The van der Waals surface area contributed by atoms with Crippen molar-refractivity contribution >= 4 is 5.91 Å². The summed E-state index contributed by atoms with van der Waals surface area (Å²) in [5.41, 5.74) is 0.903. The molecule has 0 aromatic carbocycles. The van der Waals surface area contributed by atoms with E-state index in [1.165, 1.54) is 19.3 Å². The number of aromatic nitrogens is 1. The molecule has 1 aromatic heterocycles. The normalized spacial score (nSPS) is 18.6. The molecule has 1 fully saturated rings. The molecule has 0 radical (unpaired) electrons. The van der Waals surface area contributed by atoms with Gasteiger partial charge in [0.1, 0.15) is 0 Å². The quantitative estimate of drug-likeness (QED) is 0.870. The summed E-state index contributed by atoms with van der Waals surface area (Å²) in [5.74, 6) is 0.195. The number of hydrogen-bond donors (Lipinski definition) is 1. The molecule has 1 saturated carbocycles. The third kappa shape index (κ3) is 3.05. The third-order valence-corrected chi connectivity index (χ3v) is 3.68. The van der Waals surface area contributed by atoms with E-state index in [4.69, 9.17) is 0 Å². The highest BCUT2D eigenvalue weighted by Crippen LogP contribution is 2.35. The molecule has 3 nitrogen and oxygen atoms in total. The fourth-order valence-electron chi connectivity index (χ4n) is 2.46. The number of pyridine rings is 1. The number of carbonyl (C=O) groups is 1. The minimum Gasteiger partial charge on any atom is -0.351 e. The van der Waals surface area contributed by atoms with Crippen LogP contribution in [0.15, 0.2) is 24.5 Å². The first kappa shape index (κ1) is 12.1. The Morgan fingerprint density at radius 1 is 1.41 bits per heavy atom. The molecule has 2 rings (SSSR count). The van der Waals surface area contributed by atoms with E-state index in [2.05, 4.69) is 17.2 Å². The molecule has 1 aliphatic carbocycles. The van der Waals surface area contributed by atoms with Gasteiger partial charge in [-0.15, -0.1) is 0 Å². The fraction of sp³-hybridized carbons (Fsp3) is 0.571. The van der Waals surface area contributed by atoms with Crippen molar-refractivity contribution in [2.75, 3.05) is 0 Å². The SMILES string of the molecule is CC1(C(=O)NCc2cccnc2)CCCCC1. The molecule has 0 saturated heterocycles. The Morgan fingerprint density at radius 3 is 2.82 bits per heavy atom. The summed E-state index contributed by atoms with van der Waals surface area (Å²) >= 11 is 0. The molecule has 1 amide bonds. The summed E-state index contributed by atoms with van der Waals surface area (Å²) < 4.78 is 0. The zero-order chi connectivity index (χ0) is 12.1. The molecule has 1 aliphatic rings. The van der Waals surface area contributed by atoms with Crippen LogP contribution in [-0.4, -0.2) is 10.9 Å². The van der Waals surface area contributed by atoms with Crippen LogP contribution in [0.1, 0.15) is 44.6 Å². The highest BCUT2D eigenvalue weighted by molar-refractivity contribution is 5.82. The molecular formula is C14H20N2O. The van der Waals surface area contributed by atoms with Gasteiger partial charge >= 0.3 is 0 Å². The van der Waals surface area contributed by atoms with E-state index in [1.807, 2.05) is 12.1 Å². The van der Waals surface area contributed by atoms with Gasteiger partial charge in [0.15, 0.2) is 0 Å². The van der Waals surface area contributed by atoms with Gasteiger partial charge < -0.3 is 5.32 Å². The number of carbonyl (C=O) groups excluding carboxylic acids is 1. The predicted molar refractivity (Wildman–Crippen MR) is 67.3 cm³/mol. The van der Waals surface area contributed by atoms with Crippen molar-refractivity contribution in [3.8, 4) is 0 Å². The lowest BCUT2D eigenvalue weighted by atomic mass is 9.75. The van der Waals surface area contributed by atoms with Crippen LogP contribution in [0, 0.1) is 5.41 Å². The van der Waals surface area contributed by atoms with Gasteiger partial charge in [-0.2, -0.15) is 0 Å². The van der Waals surface area contributed by atoms with Crippen molar-refractivity contribution in [2.45, 2.75) is 45.6 Å². The summed E-state index contributed by atoms with van der Waals surface area (Å²) in [6, 6.07) is 3.88. The lowest BCUT2D eigenvalue weighted by molar-refractivity contribution is -0.132. The Labute approximate surface area is 103 Å². The maximum Gasteiger partial charge on any atom is 0.226 e. The molecule has 3 heteroatoms. The predicted octanol–water partition coefficient (Wildman–Crippen LogP) is 2.67. The highest BCUT2D eigenvalue weighted by atomic mass is 16.2. The molecule has 1 N–H and O–H groups in total. The first-order valence-corrected chi connectivity index (χ1v) is 6.38. The Balaban J connectivity index is 1.88. The van der Waals surface area contributed by atoms with Crippen LogP contribution >= 0.6 is 0 Å². The zero-order valence-electron chi connectivity index (χ0n) is 10.4. The summed E-state index contributed by atoms with van der Waals surface area (Å²) in [4.78, 5) is 16.2. The molecule has 0 spiro atoms. The first-order valence-electron chi connectivity index (χ1n) is 6.38. The molecule has 1 heterocycles. The second-order valence-electron chi connectivity index (χ2n) is 5.17. The number of hydrogen-bond acceptors (Lipinski definition) is 2. The van der Waals surface area contributed by atoms with Crippen LogP contribution in [-0.2, 0) is 11.3 Å². The first-order chi connectivity index (χ1) is 8.21. The molecule has 0 unspecified atom stereocenters. The van der Waals surface area contributed by atoms with Crippen LogP contribution in [0.4, 0.5) is 0 Å². The molecule has 17 heavy (non-hydrogen) atoms. The number of rotatable bonds is 3. The van der Waals surface area contributed by atoms with Crippen molar-refractivity contribution < 1.29 is 4.79 Å². The van der Waals surface area contributed by atoms with E-state index in [9.17, 15) is 4.79 Å². The zero-order valence-corrected chi connectivity index (χ0v) is 10.4. The highest BCUT2D eigenvalue weighted by Gasteiger charge is 2.34. The van der Waals surface area contributed by atoms with Crippen molar-refractivity contribution in [1.29, 1.82) is 0 Å². The fourth-order valence-corrected chi connectivity index (χ4v) is 2.46. The van der Waals surface area contributed by atoms with E-state index < -0.39 is 0 Å². The molecular weight excluding hydrogens is 212 g/mol. The topological polar surface area (TPSA) is 42.0 Å². The largest absolute Gasteiger partial charge is 0.351 e. The maximum atomic E-state index is 12.2. The summed E-state index contributed by atoms with van der Waals surface area (Å²) in [7, 11) is 0. The van der Waals surface area contributed by atoms with E-state index in [-0.39, 0.29) is 11.3 Å². The third-order valence-electron chi connectivity index (χ3n) is 3.68. The van der Waals surface area contributed by atoms with Gasteiger partial charge in [-0.1, -0.05) is 32.3 Å². The monoisotopic (exact) mass is 232 g/mol. The Bertz CT molecular complexity index is 369. The van der Waals surface area contributed by atoms with E-state index in [1.54, 1.807) is 12.4 Å². The summed E-state index contributed by atoms with van der Waals surface area (Å²) in [6.45, 7) is 2.67. The summed E-state index contributed by atoms with van der Waals surface area (Å²) in [5, 5.41) is 3.03. The Hall–Kier alpha value is -1.38. The van der Waals surface area contributed by atoms with Crippen LogP contribution in [0.2, 0.25) is 0 Å². The van der Waals surface area contributed by atoms with Gasteiger partial charge in [-0.3, -0.25) is 9.78 Å². The minimum atomic E-state index is -0.152.